The van der Waals surface area contributed by atoms with E-state index in [9.17, 15) is 14.7 Å². The average molecular weight is 468 g/mol. The van der Waals surface area contributed by atoms with Crippen LogP contribution in [0.5, 0.6) is 5.75 Å². The van der Waals surface area contributed by atoms with Crippen LogP contribution in [0.1, 0.15) is 47.5 Å². The Balaban J connectivity index is 1.63. The lowest BCUT2D eigenvalue weighted by atomic mass is 9.94. The number of amides is 1. The van der Waals surface area contributed by atoms with Crippen LogP contribution in [0.4, 0.5) is 5.69 Å². The number of hydrogen-bond donors (Lipinski definition) is 1. The summed E-state index contributed by atoms with van der Waals surface area (Å²) < 4.78 is 11.2. The highest BCUT2D eigenvalue weighted by Crippen LogP contribution is 2.43. The highest BCUT2D eigenvalue weighted by atomic mass is 16.5. The van der Waals surface area contributed by atoms with Crippen molar-refractivity contribution in [3.05, 3.63) is 107 Å². The second-order valence-electron chi connectivity index (χ2n) is 8.82. The Labute approximate surface area is 203 Å². The number of anilines is 1. The van der Waals surface area contributed by atoms with Gasteiger partial charge >= 0.3 is 0 Å². The number of nitrogens with zero attached hydrogens (tertiary/aromatic N) is 1. The Kier molecular flexibility index (Phi) is 5.65. The van der Waals surface area contributed by atoms with Gasteiger partial charge in [0.15, 0.2) is 22.9 Å². The van der Waals surface area contributed by atoms with Crippen LogP contribution in [0.3, 0.4) is 0 Å². The molecule has 5 rings (SSSR count). The molecule has 4 aromatic rings. The normalized spacial score (nSPS) is 15.9. The first-order chi connectivity index (χ1) is 16.9. The number of Topliss-reactive ketones (excluding diaryl/α,β-unsaturated/α-hetero) is 1. The molecule has 1 aliphatic rings. The molecule has 1 aliphatic heterocycles. The largest absolute Gasteiger partial charge is 0.503 e. The third-order valence-corrected chi connectivity index (χ3v) is 6.36. The lowest BCUT2D eigenvalue weighted by Crippen LogP contribution is -2.31. The van der Waals surface area contributed by atoms with Crippen molar-refractivity contribution in [3.63, 3.8) is 0 Å². The molecule has 1 aromatic heterocycles. The van der Waals surface area contributed by atoms with E-state index in [1.807, 2.05) is 60.7 Å². The number of benzene rings is 3. The molecule has 176 valence electrons. The Morgan fingerprint density at radius 1 is 1.00 bits per heavy atom. The van der Waals surface area contributed by atoms with Crippen LogP contribution in [0.15, 0.2) is 94.6 Å². The standard InChI is InChI=1S/C29H25NO5/c1-17(2)18-12-14-21(15-13-18)30-25(19-8-5-4-6-9-19)24(27(32)29(30)33)26(31)23-16-20-10-7-11-22(34-3)28(20)35-23/h4-17,25,32H,1-3H3. The number of methoxy groups -OCH3 is 1. The first kappa shape index (κ1) is 22.5. The van der Waals surface area contributed by atoms with Crippen molar-refractivity contribution < 1.29 is 23.8 Å². The van der Waals surface area contributed by atoms with Crippen LogP contribution in [-0.4, -0.2) is 23.9 Å². The Morgan fingerprint density at radius 3 is 2.37 bits per heavy atom. The maximum absolute atomic E-state index is 13.7. The van der Waals surface area contributed by atoms with E-state index in [1.165, 1.54) is 12.0 Å². The first-order valence-corrected chi connectivity index (χ1v) is 11.4. The highest BCUT2D eigenvalue weighted by Gasteiger charge is 2.45. The van der Waals surface area contributed by atoms with Crippen molar-refractivity contribution >= 4 is 28.3 Å². The van der Waals surface area contributed by atoms with Crippen LogP contribution in [-0.2, 0) is 4.79 Å². The minimum Gasteiger partial charge on any atom is -0.503 e. The van der Waals surface area contributed by atoms with Crippen LogP contribution in [0.2, 0.25) is 0 Å². The third kappa shape index (κ3) is 3.77. The Hall–Kier alpha value is -4.32. The van der Waals surface area contributed by atoms with Crippen LogP contribution in [0.25, 0.3) is 11.0 Å². The zero-order valence-electron chi connectivity index (χ0n) is 19.7. The maximum Gasteiger partial charge on any atom is 0.294 e. The molecule has 6 nitrogen and oxygen atoms in total. The van der Waals surface area contributed by atoms with E-state index in [0.717, 1.165) is 5.56 Å². The number of ether oxygens (including phenoxy) is 1. The first-order valence-electron chi connectivity index (χ1n) is 11.4. The zero-order valence-corrected chi connectivity index (χ0v) is 19.7. The Bertz CT molecular complexity index is 1450. The van der Waals surface area contributed by atoms with E-state index in [4.69, 9.17) is 9.15 Å². The second-order valence-corrected chi connectivity index (χ2v) is 8.82. The fourth-order valence-corrected chi connectivity index (χ4v) is 4.52. The molecule has 35 heavy (non-hydrogen) atoms. The number of rotatable bonds is 6. The number of aliphatic hydroxyl groups is 1. The SMILES string of the molecule is COc1cccc2cc(C(=O)C3=C(O)C(=O)N(c4ccc(C(C)C)cc4)C3c3ccccc3)oc12. The van der Waals surface area contributed by atoms with E-state index in [2.05, 4.69) is 13.8 Å². The molecular formula is C29H25NO5. The van der Waals surface area contributed by atoms with Crippen LogP contribution >= 0.6 is 0 Å². The van der Waals surface area contributed by atoms with E-state index in [1.54, 1.807) is 18.2 Å². The van der Waals surface area contributed by atoms with Gasteiger partial charge in [-0.1, -0.05) is 68.4 Å². The fraction of sp³-hybridized carbons (Fsp3) is 0.172. The van der Waals surface area contributed by atoms with Crippen molar-refractivity contribution in [1.82, 2.24) is 0 Å². The van der Waals surface area contributed by atoms with E-state index >= 15 is 0 Å². The number of ketones is 1. The van der Waals surface area contributed by atoms with Gasteiger partial charge in [-0.3, -0.25) is 14.5 Å². The molecule has 0 bridgehead atoms. The van der Waals surface area contributed by atoms with E-state index in [0.29, 0.717) is 33.9 Å². The smallest absolute Gasteiger partial charge is 0.294 e. The summed E-state index contributed by atoms with van der Waals surface area (Å²) in [5, 5.41) is 11.7. The van der Waals surface area contributed by atoms with Gasteiger partial charge in [0.05, 0.1) is 18.7 Å². The van der Waals surface area contributed by atoms with Gasteiger partial charge in [0.2, 0.25) is 5.78 Å². The Morgan fingerprint density at radius 2 is 1.71 bits per heavy atom. The van der Waals surface area contributed by atoms with E-state index in [-0.39, 0.29) is 11.3 Å². The molecule has 2 heterocycles. The highest BCUT2D eigenvalue weighted by molar-refractivity contribution is 6.20. The second kappa shape index (κ2) is 8.80. The lowest BCUT2D eigenvalue weighted by Gasteiger charge is -2.27. The molecule has 0 spiro atoms. The summed E-state index contributed by atoms with van der Waals surface area (Å²) in [6.45, 7) is 4.19. The number of furan rings is 1. The monoisotopic (exact) mass is 467 g/mol. The van der Waals surface area contributed by atoms with Crippen LogP contribution < -0.4 is 9.64 Å². The molecule has 3 aromatic carbocycles. The summed E-state index contributed by atoms with van der Waals surface area (Å²) in [4.78, 5) is 28.6. The third-order valence-electron chi connectivity index (χ3n) is 6.36. The van der Waals surface area contributed by atoms with Crippen molar-refractivity contribution in [2.75, 3.05) is 12.0 Å². The summed E-state index contributed by atoms with van der Waals surface area (Å²) >= 11 is 0. The number of carbonyl (C=O) groups is 2. The minimum atomic E-state index is -0.809. The van der Waals surface area contributed by atoms with Gasteiger partial charge in [-0.15, -0.1) is 0 Å². The summed E-state index contributed by atoms with van der Waals surface area (Å²) in [5.74, 6) is -0.913. The molecular weight excluding hydrogens is 442 g/mol. The van der Waals surface area contributed by atoms with Gasteiger partial charge in [-0.05, 0) is 41.3 Å². The van der Waals surface area contributed by atoms with E-state index < -0.39 is 23.5 Å². The average Bonchev–Trinajstić information content (AvgIpc) is 3.43. The minimum absolute atomic E-state index is 0.0211. The molecule has 0 saturated heterocycles. The van der Waals surface area contributed by atoms with Gasteiger partial charge in [0.25, 0.3) is 5.91 Å². The molecule has 0 radical (unpaired) electrons. The van der Waals surface area contributed by atoms with Crippen molar-refractivity contribution in [3.8, 4) is 5.75 Å². The van der Waals surface area contributed by atoms with Crippen molar-refractivity contribution in [2.24, 2.45) is 0 Å². The summed E-state index contributed by atoms with van der Waals surface area (Å²) in [5.41, 5.74) is 2.83. The number of carbonyl (C=O) groups excluding carboxylic acids is 2. The molecule has 1 N–H and O–H groups in total. The summed E-state index contributed by atoms with van der Waals surface area (Å²) in [6.07, 6.45) is 0. The van der Waals surface area contributed by atoms with Gasteiger partial charge in [-0.2, -0.15) is 0 Å². The lowest BCUT2D eigenvalue weighted by molar-refractivity contribution is -0.117. The quantitative estimate of drug-likeness (QED) is 0.334. The molecule has 0 saturated carbocycles. The van der Waals surface area contributed by atoms with Crippen molar-refractivity contribution in [1.29, 1.82) is 0 Å². The zero-order chi connectivity index (χ0) is 24.7. The number of para-hydroxylation sites is 1. The number of aliphatic hydroxyl groups excluding tert-OH is 1. The molecule has 0 fully saturated rings. The van der Waals surface area contributed by atoms with Gasteiger partial charge in [0, 0.05) is 11.1 Å². The molecule has 0 aliphatic carbocycles. The van der Waals surface area contributed by atoms with Crippen molar-refractivity contribution in [2.45, 2.75) is 25.8 Å². The molecule has 1 amide bonds. The number of hydrogen-bond acceptors (Lipinski definition) is 5. The van der Waals surface area contributed by atoms with Gasteiger partial charge in [-0.25, -0.2) is 0 Å². The maximum atomic E-state index is 13.7. The molecule has 1 atom stereocenters. The fourth-order valence-electron chi connectivity index (χ4n) is 4.52. The molecule has 6 heteroatoms. The summed E-state index contributed by atoms with van der Waals surface area (Å²) in [6, 6.07) is 22.9. The summed E-state index contributed by atoms with van der Waals surface area (Å²) in [7, 11) is 1.52. The predicted octanol–water partition coefficient (Wildman–Crippen LogP) is 6.35. The van der Waals surface area contributed by atoms with Gasteiger partial charge < -0.3 is 14.3 Å². The van der Waals surface area contributed by atoms with Gasteiger partial charge in [0.1, 0.15) is 0 Å². The predicted molar refractivity (Wildman–Crippen MR) is 134 cm³/mol. The topological polar surface area (TPSA) is 80.0 Å². The van der Waals surface area contributed by atoms with Crippen LogP contribution in [0, 0.1) is 0 Å². The molecule has 1 unspecified atom stereocenters. The number of fused-ring (bicyclic) bond motifs is 1.